The molecule has 3 rings (SSSR count). The lowest BCUT2D eigenvalue weighted by Crippen LogP contribution is -2.39. The van der Waals surface area contributed by atoms with E-state index in [4.69, 9.17) is 12.2 Å². The smallest absolute Gasteiger partial charge is 0.266 e. The van der Waals surface area contributed by atoms with Gasteiger partial charge in [0.15, 0.2) is 0 Å². The van der Waals surface area contributed by atoms with Gasteiger partial charge in [-0.1, -0.05) is 43.2 Å². The van der Waals surface area contributed by atoms with Gasteiger partial charge in [-0.05, 0) is 59.7 Å². The first-order chi connectivity index (χ1) is 10.6. The third-order valence-electron chi connectivity index (χ3n) is 4.04. The summed E-state index contributed by atoms with van der Waals surface area (Å²) >= 11 is 8.94. The number of nitrogens with zero attached hydrogens (tertiary/aromatic N) is 1. The lowest BCUT2D eigenvalue weighted by atomic mass is 9.94. The molecule has 1 heterocycles. The van der Waals surface area contributed by atoms with E-state index in [1.807, 2.05) is 12.1 Å². The second-order valence-electron chi connectivity index (χ2n) is 5.55. The van der Waals surface area contributed by atoms with Gasteiger partial charge >= 0.3 is 0 Å². The van der Waals surface area contributed by atoms with E-state index in [1.165, 1.54) is 31.0 Å². The van der Waals surface area contributed by atoms with Crippen LogP contribution in [-0.2, 0) is 4.79 Å². The minimum Gasteiger partial charge on any atom is -0.507 e. The Hall–Kier alpha value is -0.600. The van der Waals surface area contributed by atoms with Gasteiger partial charge in [-0.2, -0.15) is 0 Å². The summed E-state index contributed by atoms with van der Waals surface area (Å²) in [5, 5.41) is 9.95. The molecule has 0 radical (unpaired) electrons. The molecular weight excluding hydrogens is 429 g/mol. The van der Waals surface area contributed by atoms with E-state index in [0.29, 0.717) is 14.8 Å². The first-order valence-electron chi connectivity index (χ1n) is 7.32. The van der Waals surface area contributed by atoms with E-state index < -0.39 is 0 Å². The minimum atomic E-state index is -0.0137. The van der Waals surface area contributed by atoms with Gasteiger partial charge in [-0.15, -0.1) is 0 Å². The molecule has 0 atom stereocenters. The van der Waals surface area contributed by atoms with Crippen LogP contribution in [0.2, 0.25) is 0 Å². The molecule has 0 spiro atoms. The topological polar surface area (TPSA) is 40.5 Å². The van der Waals surface area contributed by atoms with Crippen LogP contribution in [0.1, 0.15) is 37.7 Å². The second-order valence-corrected chi connectivity index (χ2v) is 8.47. The molecule has 1 aliphatic carbocycles. The third-order valence-corrected chi connectivity index (χ3v) is 6.04. The number of thioether (sulfide) groups is 1. The Bertz CT molecular complexity index is 654. The van der Waals surface area contributed by atoms with Gasteiger partial charge in [0.2, 0.25) is 0 Å². The van der Waals surface area contributed by atoms with Crippen LogP contribution in [0.25, 0.3) is 6.08 Å². The molecule has 22 heavy (non-hydrogen) atoms. The Kier molecular flexibility index (Phi) is 5.09. The fourth-order valence-corrected chi connectivity index (χ4v) is 4.82. The Morgan fingerprint density at radius 2 is 2.05 bits per heavy atom. The summed E-state index contributed by atoms with van der Waals surface area (Å²) in [6.45, 7) is 0. The van der Waals surface area contributed by atoms with Gasteiger partial charge in [0.25, 0.3) is 5.91 Å². The quantitative estimate of drug-likeness (QED) is 0.413. The second kappa shape index (κ2) is 6.88. The minimum absolute atomic E-state index is 0.0137. The fraction of sp³-hybridized carbons (Fsp3) is 0.375. The molecule has 1 aliphatic heterocycles. The zero-order valence-electron chi connectivity index (χ0n) is 11.9. The average Bonchev–Trinajstić information content (AvgIpc) is 2.78. The number of carbonyl (C=O) groups is 1. The van der Waals surface area contributed by atoms with E-state index in [1.54, 1.807) is 17.0 Å². The summed E-state index contributed by atoms with van der Waals surface area (Å²) in [4.78, 5) is 15.1. The van der Waals surface area contributed by atoms with Crippen LogP contribution in [0.5, 0.6) is 5.75 Å². The number of amides is 1. The van der Waals surface area contributed by atoms with Crippen LogP contribution >= 0.6 is 46.6 Å². The zero-order valence-corrected chi connectivity index (χ0v) is 15.7. The average molecular weight is 445 g/mol. The lowest BCUT2D eigenvalue weighted by Gasteiger charge is -2.29. The van der Waals surface area contributed by atoms with Crippen molar-refractivity contribution in [3.8, 4) is 5.75 Å². The van der Waals surface area contributed by atoms with Crippen molar-refractivity contribution in [3.63, 3.8) is 0 Å². The van der Waals surface area contributed by atoms with Gasteiger partial charge in [0.1, 0.15) is 10.1 Å². The van der Waals surface area contributed by atoms with Gasteiger partial charge in [-0.25, -0.2) is 0 Å². The Morgan fingerprint density at radius 3 is 2.77 bits per heavy atom. The highest BCUT2D eigenvalue weighted by Crippen LogP contribution is 2.38. The summed E-state index contributed by atoms with van der Waals surface area (Å²) in [6.07, 6.45) is 7.40. The predicted octanol–water partition coefficient (Wildman–Crippen LogP) is 4.53. The van der Waals surface area contributed by atoms with Crippen molar-refractivity contribution in [2.45, 2.75) is 38.1 Å². The maximum absolute atomic E-state index is 12.7. The van der Waals surface area contributed by atoms with Gasteiger partial charge < -0.3 is 5.11 Å². The van der Waals surface area contributed by atoms with Crippen molar-refractivity contribution in [2.24, 2.45) is 0 Å². The number of aromatic hydroxyl groups is 1. The first-order valence-corrected chi connectivity index (χ1v) is 9.62. The molecular formula is C16H16INO2S2. The van der Waals surface area contributed by atoms with Crippen LogP contribution in [0.15, 0.2) is 23.1 Å². The summed E-state index contributed by atoms with van der Waals surface area (Å²) in [5.41, 5.74) is 0.663. The van der Waals surface area contributed by atoms with Gasteiger partial charge in [0.05, 0.1) is 4.91 Å². The molecule has 1 aromatic carbocycles. The SMILES string of the molecule is O=C1/C(=C\c2cc(I)ccc2O)SC(=S)N1C1CCCCC1. The molecule has 1 aromatic rings. The number of carbonyl (C=O) groups excluding carboxylic acids is 1. The summed E-state index contributed by atoms with van der Waals surface area (Å²) < 4.78 is 1.66. The summed E-state index contributed by atoms with van der Waals surface area (Å²) in [6, 6.07) is 5.59. The molecule has 0 aromatic heterocycles. The molecule has 2 fully saturated rings. The molecule has 2 aliphatic rings. The first kappa shape index (κ1) is 16.3. The third kappa shape index (κ3) is 3.33. The number of phenols is 1. The highest BCUT2D eigenvalue weighted by atomic mass is 127. The Balaban J connectivity index is 1.86. The maximum Gasteiger partial charge on any atom is 0.266 e. The Morgan fingerprint density at radius 1 is 1.32 bits per heavy atom. The molecule has 1 amide bonds. The molecule has 6 heteroatoms. The molecule has 1 saturated carbocycles. The number of rotatable bonds is 2. The van der Waals surface area contributed by atoms with Crippen molar-refractivity contribution in [3.05, 3.63) is 32.2 Å². The van der Waals surface area contributed by atoms with Gasteiger partial charge in [0, 0.05) is 15.2 Å². The number of phenolic OH excluding ortho intramolecular Hbond substituents is 1. The van der Waals surface area contributed by atoms with Crippen LogP contribution in [0.3, 0.4) is 0 Å². The van der Waals surface area contributed by atoms with Crippen molar-refractivity contribution < 1.29 is 9.90 Å². The zero-order chi connectivity index (χ0) is 15.7. The molecule has 1 saturated heterocycles. The number of thiocarbonyl (C=S) groups is 1. The van der Waals surface area contributed by atoms with E-state index in [-0.39, 0.29) is 17.7 Å². The lowest BCUT2D eigenvalue weighted by molar-refractivity contribution is -0.124. The highest BCUT2D eigenvalue weighted by molar-refractivity contribution is 14.1. The number of hydrogen-bond acceptors (Lipinski definition) is 4. The number of halogens is 1. The van der Waals surface area contributed by atoms with Crippen molar-refractivity contribution >= 4 is 62.9 Å². The monoisotopic (exact) mass is 445 g/mol. The van der Waals surface area contributed by atoms with Crippen LogP contribution in [0.4, 0.5) is 0 Å². The Labute approximate surface area is 153 Å². The molecule has 1 N–H and O–H groups in total. The summed E-state index contributed by atoms with van der Waals surface area (Å²) in [7, 11) is 0. The highest BCUT2D eigenvalue weighted by Gasteiger charge is 2.37. The van der Waals surface area contributed by atoms with Crippen LogP contribution in [0, 0.1) is 3.57 Å². The van der Waals surface area contributed by atoms with E-state index in [9.17, 15) is 9.90 Å². The van der Waals surface area contributed by atoms with Crippen LogP contribution < -0.4 is 0 Å². The van der Waals surface area contributed by atoms with Crippen LogP contribution in [-0.4, -0.2) is 26.3 Å². The standard InChI is InChI=1S/C16H16INO2S2/c17-11-6-7-13(19)10(8-11)9-14-15(20)18(16(21)22-14)12-4-2-1-3-5-12/h6-9,12,19H,1-5H2/b14-9+. The largest absolute Gasteiger partial charge is 0.507 e. The van der Waals surface area contributed by atoms with Crippen molar-refractivity contribution in [1.29, 1.82) is 0 Å². The molecule has 0 unspecified atom stereocenters. The fourth-order valence-electron chi connectivity index (χ4n) is 2.92. The molecule has 3 nitrogen and oxygen atoms in total. The molecule has 116 valence electrons. The predicted molar refractivity (Wildman–Crippen MR) is 103 cm³/mol. The number of benzene rings is 1. The van der Waals surface area contributed by atoms with Crippen molar-refractivity contribution in [1.82, 2.24) is 4.90 Å². The van der Waals surface area contributed by atoms with E-state index in [0.717, 1.165) is 16.4 Å². The normalized spacial score (nSPS) is 21.9. The molecule has 0 bridgehead atoms. The van der Waals surface area contributed by atoms with Crippen molar-refractivity contribution in [2.75, 3.05) is 0 Å². The van der Waals surface area contributed by atoms with Gasteiger partial charge in [-0.3, -0.25) is 9.69 Å². The van der Waals surface area contributed by atoms with E-state index >= 15 is 0 Å². The summed E-state index contributed by atoms with van der Waals surface area (Å²) in [5.74, 6) is 0.170. The number of hydrogen-bond donors (Lipinski definition) is 1. The maximum atomic E-state index is 12.7. The van der Waals surface area contributed by atoms with E-state index in [2.05, 4.69) is 22.6 Å².